The molecule has 0 saturated carbocycles. The highest BCUT2D eigenvalue weighted by molar-refractivity contribution is 9.10. The summed E-state index contributed by atoms with van der Waals surface area (Å²) in [7, 11) is 1.37. The Morgan fingerprint density at radius 1 is 1.11 bits per heavy atom. The maximum atomic E-state index is 13.6. The van der Waals surface area contributed by atoms with E-state index in [1.807, 2.05) is 0 Å². The van der Waals surface area contributed by atoms with E-state index < -0.39 is 34.8 Å². The van der Waals surface area contributed by atoms with Crippen LogP contribution >= 0.6 is 15.9 Å². The van der Waals surface area contributed by atoms with Gasteiger partial charge in [-0.2, -0.15) is 5.10 Å². The van der Waals surface area contributed by atoms with E-state index in [0.29, 0.717) is 4.47 Å². The number of nitrogens with zero attached hydrogens (tertiary/aromatic N) is 1. The number of methoxy groups -OCH3 is 1. The quantitative estimate of drug-likeness (QED) is 0.175. The molecule has 2 aromatic rings. The number of hydrazone groups is 1. The molecule has 0 aromatic heterocycles. The lowest BCUT2D eigenvalue weighted by molar-refractivity contribution is 0.330. The van der Waals surface area contributed by atoms with Crippen molar-refractivity contribution in [2.75, 3.05) is 19.1 Å². The molecule has 2 rings (SSSR count). The molecule has 0 fully saturated rings. The molecule has 0 amide bonds. The molecule has 0 heterocycles. The summed E-state index contributed by atoms with van der Waals surface area (Å²) in [5.74, 6) is -7.83. The van der Waals surface area contributed by atoms with E-state index >= 15 is 0 Å². The van der Waals surface area contributed by atoms with Crippen LogP contribution in [-0.2, 0) is 0 Å². The fraction of sp³-hybridized carbons (Fsp3) is 0.118. The number of anilines is 1. The number of ether oxygens (including phenoxy) is 2. The average Bonchev–Trinajstić information content (AvgIpc) is 2.66. The van der Waals surface area contributed by atoms with Gasteiger partial charge in [0.05, 0.1) is 13.3 Å². The van der Waals surface area contributed by atoms with Crippen molar-refractivity contribution in [3.05, 3.63) is 51.3 Å². The van der Waals surface area contributed by atoms with Crippen LogP contribution in [0.4, 0.5) is 27.6 Å². The number of hydrogen-bond donors (Lipinski definition) is 1. The summed E-state index contributed by atoms with van der Waals surface area (Å²) in [6, 6.07) is 3.08. The largest absolute Gasteiger partial charge is 0.493 e. The summed E-state index contributed by atoms with van der Waals surface area (Å²) >= 11 is 3.22. The summed E-state index contributed by atoms with van der Waals surface area (Å²) in [5.41, 5.74) is 0.761. The van der Waals surface area contributed by atoms with Crippen molar-refractivity contribution in [1.29, 1.82) is 0 Å². The van der Waals surface area contributed by atoms with E-state index in [2.05, 4.69) is 27.0 Å². The highest BCUT2D eigenvalue weighted by Gasteiger charge is 2.25. The number of nitrogens with one attached hydrogen (secondary N) is 1. The Kier molecular flexibility index (Phi) is 6.63. The minimum Gasteiger partial charge on any atom is -0.493 e. The van der Waals surface area contributed by atoms with E-state index in [1.54, 1.807) is 11.5 Å². The molecule has 0 aliphatic heterocycles. The smallest absolute Gasteiger partial charge is 0.200 e. The maximum absolute atomic E-state index is 13.6. The fourth-order valence-corrected chi connectivity index (χ4v) is 2.43. The van der Waals surface area contributed by atoms with Crippen LogP contribution in [0.1, 0.15) is 5.56 Å². The Morgan fingerprint density at radius 3 is 2.26 bits per heavy atom. The second-order valence-electron chi connectivity index (χ2n) is 4.83. The molecule has 142 valence electrons. The summed E-state index contributed by atoms with van der Waals surface area (Å²) < 4.78 is 77.7. The summed E-state index contributed by atoms with van der Waals surface area (Å²) in [4.78, 5) is 0. The zero-order valence-electron chi connectivity index (χ0n) is 13.5. The average molecular weight is 449 g/mol. The summed E-state index contributed by atoms with van der Waals surface area (Å²) in [6.07, 6.45) is 6.18. The molecule has 0 saturated heterocycles. The molecule has 4 nitrogen and oxygen atoms in total. The second-order valence-corrected chi connectivity index (χ2v) is 5.75. The lowest BCUT2D eigenvalue weighted by Crippen LogP contribution is -2.07. The normalized spacial score (nSPS) is 10.7. The predicted octanol–water partition coefficient (Wildman–Crippen LogP) is 4.61. The van der Waals surface area contributed by atoms with E-state index in [-0.39, 0.29) is 23.7 Å². The van der Waals surface area contributed by atoms with Gasteiger partial charge in [0.2, 0.25) is 5.82 Å². The van der Waals surface area contributed by atoms with Crippen LogP contribution in [0.15, 0.2) is 21.7 Å². The Bertz CT molecular complexity index is 915. The van der Waals surface area contributed by atoms with E-state index in [0.717, 1.165) is 6.21 Å². The summed E-state index contributed by atoms with van der Waals surface area (Å²) in [5, 5.41) is 3.51. The standard InChI is InChI=1S/C17H10BrF5N2O2/c1-3-4-27-17-8(5-9(18)6-10(17)26-2)7-24-25-16-14(22)12(20)11(19)13(21)15(16)23/h1,5-7,25H,4H2,2H3/b24-7+. The zero-order valence-corrected chi connectivity index (χ0v) is 15.1. The van der Waals surface area contributed by atoms with Crippen LogP contribution < -0.4 is 14.9 Å². The third-order valence-corrected chi connectivity index (χ3v) is 3.62. The van der Waals surface area contributed by atoms with Crippen LogP contribution in [0.25, 0.3) is 0 Å². The number of benzene rings is 2. The second kappa shape index (κ2) is 8.73. The number of rotatable bonds is 6. The third-order valence-electron chi connectivity index (χ3n) is 3.16. The minimum atomic E-state index is -2.26. The van der Waals surface area contributed by atoms with Crippen molar-refractivity contribution < 1.29 is 31.4 Å². The first-order valence-electron chi connectivity index (χ1n) is 7.06. The first kappa shape index (κ1) is 20.5. The first-order chi connectivity index (χ1) is 12.8. The molecular formula is C17H10BrF5N2O2. The van der Waals surface area contributed by atoms with Gasteiger partial charge >= 0.3 is 0 Å². The van der Waals surface area contributed by atoms with Gasteiger partial charge in [-0.25, -0.2) is 22.0 Å². The molecule has 0 atom stereocenters. The van der Waals surface area contributed by atoms with E-state index in [9.17, 15) is 22.0 Å². The van der Waals surface area contributed by atoms with E-state index in [1.165, 1.54) is 13.2 Å². The van der Waals surface area contributed by atoms with Gasteiger partial charge < -0.3 is 9.47 Å². The zero-order chi connectivity index (χ0) is 20.1. The predicted molar refractivity (Wildman–Crippen MR) is 92.5 cm³/mol. The molecule has 1 N–H and O–H groups in total. The van der Waals surface area contributed by atoms with Gasteiger partial charge in [0.15, 0.2) is 34.8 Å². The molecule has 27 heavy (non-hydrogen) atoms. The molecule has 0 aliphatic carbocycles. The molecule has 0 unspecified atom stereocenters. The van der Waals surface area contributed by atoms with E-state index in [4.69, 9.17) is 15.9 Å². The van der Waals surface area contributed by atoms with Crippen LogP contribution in [0.5, 0.6) is 11.5 Å². The van der Waals surface area contributed by atoms with Crippen molar-refractivity contribution in [3.63, 3.8) is 0 Å². The van der Waals surface area contributed by atoms with Crippen molar-refractivity contribution in [2.24, 2.45) is 5.10 Å². The highest BCUT2D eigenvalue weighted by Crippen LogP contribution is 2.34. The Labute approximate surface area is 159 Å². The molecule has 0 radical (unpaired) electrons. The van der Waals surface area contributed by atoms with Crippen molar-refractivity contribution in [2.45, 2.75) is 0 Å². The molecular weight excluding hydrogens is 439 g/mol. The molecule has 10 heteroatoms. The monoisotopic (exact) mass is 448 g/mol. The SMILES string of the molecule is C#CCOc1c(/C=N/Nc2c(F)c(F)c(F)c(F)c2F)cc(Br)cc1OC. The topological polar surface area (TPSA) is 42.8 Å². The Balaban J connectivity index is 2.40. The van der Waals surface area contributed by atoms with Crippen LogP contribution in [0.3, 0.4) is 0 Å². The lowest BCUT2D eigenvalue weighted by Gasteiger charge is -2.12. The van der Waals surface area contributed by atoms with Gasteiger partial charge in [0.25, 0.3) is 0 Å². The van der Waals surface area contributed by atoms with Crippen LogP contribution in [-0.4, -0.2) is 19.9 Å². The van der Waals surface area contributed by atoms with Crippen LogP contribution in [0.2, 0.25) is 0 Å². The Hall–Kier alpha value is -2.80. The number of halogens is 6. The first-order valence-corrected chi connectivity index (χ1v) is 7.85. The molecule has 2 aromatic carbocycles. The third kappa shape index (κ3) is 4.31. The minimum absolute atomic E-state index is 0.107. The maximum Gasteiger partial charge on any atom is 0.200 e. The lowest BCUT2D eigenvalue weighted by atomic mass is 10.2. The number of terminal acetylenes is 1. The fourth-order valence-electron chi connectivity index (χ4n) is 1.97. The highest BCUT2D eigenvalue weighted by atomic mass is 79.9. The van der Waals surface area contributed by atoms with Crippen molar-refractivity contribution >= 4 is 27.8 Å². The Morgan fingerprint density at radius 2 is 1.70 bits per heavy atom. The molecule has 0 aliphatic rings. The van der Waals surface area contributed by atoms with Gasteiger partial charge in [0.1, 0.15) is 12.3 Å². The van der Waals surface area contributed by atoms with Gasteiger partial charge in [-0.3, -0.25) is 5.43 Å². The van der Waals surface area contributed by atoms with Gasteiger partial charge in [-0.1, -0.05) is 21.9 Å². The molecule has 0 spiro atoms. The molecule has 0 bridgehead atoms. The van der Waals surface area contributed by atoms with Crippen molar-refractivity contribution in [1.82, 2.24) is 0 Å². The van der Waals surface area contributed by atoms with Crippen LogP contribution in [0, 0.1) is 41.4 Å². The van der Waals surface area contributed by atoms with Gasteiger partial charge in [0, 0.05) is 10.0 Å². The van der Waals surface area contributed by atoms with Crippen molar-refractivity contribution in [3.8, 4) is 23.8 Å². The van der Waals surface area contributed by atoms with Gasteiger partial charge in [-0.15, -0.1) is 6.42 Å². The van der Waals surface area contributed by atoms with Gasteiger partial charge in [-0.05, 0) is 12.1 Å². The number of hydrogen-bond acceptors (Lipinski definition) is 4. The summed E-state index contributed by atoms with van der Waals surface area (Å²) in [6.45, 7) is -0.107.